The molecule has 6 nitrogen and oxygen atoms in total. The van der Waals surface area contributed by atoms with Gasteiger partial charge in [-0.3, -0.25) is 4.79 Å². The van der Waals surface area contributed by atoms with Crippen LogP contribution in [0.1, 0.15) is 12.5 Å². The van der Waals surface area contributed by atoms with Crippen LogP contribution in [0.3, 0.4) is 0 Å². The number of pyridine rings is 1. The number of fused-ring (bicyclic) bond motifs is 1. The molecule has 0 aliphatic carbocycles. The number of benzene rings is 1. The average molecular weight is 310 g/mol. The number of imidazole rings is 1. The first-order chi connectivity index (χ1) is 11.3. The van der Waals surface area contributed by atoms with Gasteiger partial charge in [0.25, 0.3) is 5.56 Å². The molecule has 1 aliphatic heterocycles. The molecular formula is C17H18N4O2. The molecule has 0 saturated carbocycles. The van der Waals surface area contributed by atoms with Gasteiger partial charge in [0, 0.05) is 35.9 Å². The third-order valence-corrected chi connectivity index (χ3v) is 4.39. The predicted octanol–water partition coefficient (Wildman–Crippen LogP) is 1.93. The van der Waals surface area contributed by atoms with E-state index in [1.54, 1.807) is 13.3 Å². The molecule has 118 valence electrons. The number of methoxy groups -OCH3 is 1. The maximum Gasteiger partial charge on any atom is 0.259 e. The molecule has 4 rings (SSSR count). The normalized spacial score (nSPS) is 17.7. The fourth-order valence-electron chi connectivity index (χ4n) is 3.17. The largest absolute Gasteiger partial charge is 0.497 e. The Morgan fingerprint density at radius 3 is 3.04 bits per heavy atom. The number of aromatic nitrogens is 3. The van der Waals surface area contributed by atoms with Gasteiger partial charge in [-0.25, -0.2) is 4.98 Å². The number of H-pyrrole nitrogens is 1. The Hall–Kier alpha value is -2.60. The lowest BCUT2D eigenvalue weighted by atomic mass is 10.1. The van der Waals surface area contributed by atoms with Crippen LogP contribution in [0.15, 0.2) is 41.5 Å². The highest BCUT2D eigenvalue weighted by atomic mass is 16.5. The minimum Gasteiger partial charge on any atom is -0.497 e. The van der Waals surface area contributed by atoms with Crippen LogP contribution >= 0.6 is 0 Å². The van der Waals surface area contributed by atoms with E-state index in [1.807, 2.05) is 30.5 Å². The average Bonchev–Trinajstić information content (AvgIpc) is 3.24. The number of nitrogens with one attached hydrogen (secondary N) is 2. The Balaban J connectivity index is 1.87. The molecule has 23 heavy (non-hydrogen) atoms. The maximum atomic E-state index is 12.5. The van der Waals surface area contributed by atoms with Crippen molar-refractivity contribution in [2.75, 3.05) is 20.2 Å². The number of aromatic amines is 1. The van der Waals surface area contributed by atoms with Gasteiger partial charge in [0.15, 0.2) is 0 Å². The topological polar surface area (TPSA) is 71.9 Å². The van der Waals surface area contributed by atoms with E-state index in [-0.39, 0.29) is 5.56 Å². The number of nitrogens with zero attached hydrogens (tertiary/aromatic N) is 2. The predicted molar refractivity (Wildman–Crippen MR) is 88.9 cm³/mol. The van der Waals surface area contributed by atoms with Gasteiger partial charge in [-0.1, -0.05) is 0 Å². The molecule has 3 aromatic rings. The van der Waals surface area contributed by atoms with Crippen LogP contribution in [0, 0.1) is 0 Å². The second-order valence-electron chi connectivity index (χ2n) is 5.77. The highest BCUT2D eigenvalue weighted by molar-refractivity contribution is 5.83. The summed E-state index contributed by atoms with van der Waals surface area (Å²) in [5, 5.41) is 4.28. The molecule has 2 aromatic heterocycles. The summed E-state index contributed by atoms with van der Waals surface area (Å²) in [6.07, 6.45) is 4.74. The molecule has 0 amide bonds. The SMILES string of the molecule is COc1ccc2[nH]c(=O)c(-c3nccn3C3CCNC3)cc2c1. The zero-order chi connectivity index (χ0) is 15.8. The van der Waals surface area contributed by atoms with Crippen LogP contribution in [0.2, 0.25) is 0 Å². The van der Waals surface area contributed by atoms with Crippen molar-refractivity contribution < 1.29 is 4.74 Å². The van der Waals surface area contributed by atoms with E-state index in [0.29, 0.717) is 17.4 Å². The second-order valence-corrected chi connectivity index (χ2v) is 5.77. The molecule has 0 spiro atoms. The van der Waals surface area contributed by atoms with E-state index in [2.05, 4.69) is 19.9 Å². The zero-order valence-electron chi connectivity index (χ0n) is 12.9. The summed E-state index contributed by atoms with van der Waals surface area (Å²) in [7, 11) is 1.63. The second kappa shape index (κ2) is 5.55. The summed E-state index contributed by atoms with van der Waals surface area (Å²) in [5.41, 5.74) is 1.25. The first-order valence-electron chi connectivity index (χ1n) is 7.71. The van der Waals surface area contributed by atoms with Crippen LogP contribution in [-0.4, -0.2) is 34.7 Å². The summed E-state index contributed by atoms with van der Waals surface area (Å²) in [6.45, 7) is 1.90. The quantitative estimate of drug-likeness (QED) is 0.775. The number of hydrogen-bond acceptors (Lipinski definition) is 4. The van der Waals surface area contributed by atoms with Crippen LogP contribution in [0.4, 0.5) is 0 Å². The smallest absolute Gasteiger partial charge is 0.259 e. The molecule has 1 saturated heterocycles. The van der Waals surface area contributed by atoms with Crippen LogP contribution in [0.25, 0.3) is 22.3 Å². The summed E-state index contributed by atoms with van der Waals surface area (Å²) < 4.78 is 7.36. The van der Waals surface area contributed by atoms with E-state index in [0.717, 1.165) is 36.2 Å². The molecular weight excluding hydrogens is 292 g/mol. The lowest BCUT2D eigenvalue weighted by Crippen LogP contribution is -2.17. The third kappa shape index (κ3) is 2.41. The molecule has 0 radical (unpaired) electrons. The Morgan fingerprint density at radius 2 is 2.26 bits per heavy atom. The van der Waals surface area contributed by atoms with Crippen molar-refractivity contribution in [2.45, 2.75) is 12.5 Å². The molecule has 3 heterocycles. The van der Waals surface area contributed by atoms with E-state index < -0.39 is 0 Å². The summed E-state index contributed by atoms with van der Waals surface area (Å²) in [4.78, 5) is 19.9. The van der Waals surface area contributed by atoms with Crippen LogP contribution in [-0.2, 0) is 0 Å². The summed E-state index contributed by atoms with van der Waals surface area (Å²) in [5.74, 6) is 1.48. The van der Waals surface area contributed by atoms with Crippen LogP contribution in [0.5, 0.6) is 5.75 Å². The third-order valence-electron chi connectivity index (χ3n) is 4.39. The Kier molecular flexibility index (Phi) is 3.38. The van der Waals surface area contributed by atoms with Gasteiger partial charge in [0.05, 0.1) is 12.7 Å². The van der Waals surface area contributed by atoms with Gasteiger partial charge in [-0.2, -0.15) is 0 Å². The van der Waals surface area contributed by atoms with Gasteiger partial charge in [-0.05, 0) is 37.2 Å². The van der Waals surface area contributed by atoms with Crippen molar-refractivity contribution in [2.24, 2.45) is 0 Å². The lowest BCUT2D eigenvalue weighted by molar-refractivity contribution is 0.415. The van der Waals surface area contributed by atoms with Crippen molar-refractivity contribution in [3.63, 3.8) is 0 Å². The highest BCUT2D eigenvalue weighted by Crippen LogP contribution is 2.25. The van der Waals surface area contributed by atoms with Crippen molar-refractivity contribution in [3.05, 3.63) is 47.0 Å². The number of hydrogen-bond donors (Lipinski definition) is 2. The molecule has 1 fully saturated rings. The fraction of sp³-hybridized carbons (Fsp3) is 0.294. The van der Waals surface area contributed by atoms with Gasteiger partial charge in [0.2, 0.25) is 0 Å². The molecule has 6 heteroatoms. The molecule has 1 aliphatic rings. The lowest BCUT2D eigenvalue weighted by Gasteiger charge is -2.14. The van der Waals surface area contributed by atoms with Crippen molar-refractivity contribution in [1.82, 2.24) is 19.9 Å². The Labute approximate surface area is 133 Å². The molecule has 2 N–H and O–H groups in total. The molecule has 1 aromatic carbocycles. The molecule has 0 bridgehead atoms. The summed E-state index contributed by atoms with van der Waals surface area (Å²) >= 11 is 0. The van der Waals surface area contributed by atoms with Gasteiger partial charge < -0.3 is 19.6 Å². The first-order valence-corrected chi connectivity index (χ1v) is 7.71. The molecule has 1 unspecified atom stereocenters. The van der Waals surface area contributed by atoms with Crippen molar-refractivity contribution in [1.29, 1.82) is 0 Å². The minimum atomic E-state index is -0.124. The van der Waals surface area contributed by atoms with Crippen molar-refractivity contribution >= 4 is 10.9 Å². The number of ether oxygens (including phenoxy) is 1. The standard InChI is InChI=1S/C17H18N4O2/c1-23-13-2-3-15-11(8-13)9-14(17(22)20-15)16-19-6-7-21(16)12-4-5-18-10-12/h2-3,6-9,12,18H,4-5,10H2,1H3,(H,20,22). The molecule has 1 atom stereocenters. The van der Waals surface area contributed by atoms with Gasteiger partial charge >= 0.3 is 0 Å². The summed E-state index contributed by atoms with van der Waals surface area (Å²) in [6, 6.07) is 7.83. The zero-order valence-corrected chi connectivity index (χ0v) is 12.9. The highest BCUT2D eigenvalue weighted by Gasteiger charge is 2.21. The van der Waals surface area contributed by atoms with E-state index in [4.69, 9.17) is 4.74 Å². The Bertz CT molecular complexity index is 906. The van der Waals surface area contributed by atoms with Crippen LogP contribution < -0.4 is 15.6 Å². The van der Waals surface area contributed by atoms with Gasteiger partial charge in [0.1, 0.15) is 11.6 Å². The maximum absolute atomic E-state index is 12.5. The fourth-order valence-corrected chi connectivity index (χ4v) is 3.17. The van der Waals surface area contributed by atoms with E-state index >= 15 is 0 Å². The van der Waals surface area contributed by atoms with E-state index in [9.17, 15) is 4.79 Å². The van der Waals surface area contributed by atoms with E-state index in [1.165, 1.54) is 0 Å². The Morgan fingerprint density at radius 1 is 1.35 bits per heavy atom. The minimum absolute atomic E-state index is 0.124. The van der Waals surface area contributed by atoms with Crippen molar-refractivity contribution in [3.8, 4) is 17.1 Å². The monoisotopic (exact) mass is 310 g/mol. The number of rotatable bonds is 3. The first kappa shape index (κ1) is 14.0. The van der Waals surface area contributed by atoms with Gasteiger partial charge in [-0.15, -0.1) is 0 Å².